The number of aromatic nitrogens is 3. The van der Waals surface area contributed by atoms with Gasteiger partial charge in [0.05, 0.1) is 33.6 Å². The van der Waals surface area contributed by atoms with Crippen molar-refractivity contribution in [2.24, 2.45) is 11.3 Å². The van der Waals surface area contributed by atoms with Crippen LogP contribution in [-0.2, 0) is 32.1 Å². The van der Waals surface area contributed by atoms with Crippen molar-refractivity contribution in [2.75, 3.05) is 48.3 Å². The molecule has 0 radical (unpaired) electrons. The minimum atomic E-state index is -0.869. The van der Waals surface area contributed by atoms with Crippen molar-refractivity contribution in [3.8, 4) is 27.4 Å². The number of aryl methyl sites for hydroxylation is 1. The Morgan fingerprint density at radius 2 is 1.54 bits per heavy atom. The summed E-state index contributed by atoms with van der Waals surface area (Å²) in [4.78, 5) is 68.0. The highest BCUT2D eigenvalue weighted by atomic mass is 32.1. The number of hydrogen-bond acceptors (Lipinski definition) is 13. The number of benzene rings is 3. The predicted molar refractivity (Wildman–Crippen MR) is 298 cm³/mol. The summed E-state index contributed by atoms with van der Waals surface area (Å²) < 4.78 is 0. The maximum atomic E-state index is 14.1. The van der Waals surface area contributed by atoms with Crippen molar-refractivity contribution in [2.45, 2.75) is 148 Å². The zero-order valence-electron chi connectivity index (χ0n) is 44.6. The van der Waals surface area contributed by atoms with E-state index in [1.165, 1.54) is 16.2 Å². The summed E-state index contributed by atoms with van der Waals surface area (Å²) in [6, 6.07) is 25.1. The van der Waals surface area contributed by atoms with Gasteiger partial charge >= 0.3 is 0 Å². The number of aliphatic hydroxyl groups excluding tert-OH is 1. The van der Waals surface area contributed by atoms with E-state index in [1.54, 1.807) is 23.5 Å². The van der Waals surface area contributed by atoms with E-state index in [2.05, 4.69) is 59.9 Å². The summed E-state index contributed by atoms with van der Waals surface area (Å²) in [5, 5.41) is 35.6. The molecule has 4 amide bonds. The molecule has 16 nitrogen and oxygen atoms in total. The number of aromatic hydroxyl groups is 1. The van der Waals surface area contributed by atoms with Crippen LogP contribution in [0.15, 0.2) is 84.4 Å². The molecular weight excluding hydrogens is 977 g/mol. The van der Waals surface area contributed by atoms with Crippen molar-refractivity contribution < 1.29 is 29.4 Å². The van der Waals surface area contributed by atoms with Gasteiger partial charge in [0, 0.05) is 81.9 Å². The topological polar surface area (TPSA) is 210 Å². The van der Waals surface area contributed by atoms with Crippen LogP contribution in [0.25, 0.3) is 21.7 Å². The molecule has 5 aromatic rings. The number of nitrogen functional groups attached to an aromatic ring is 1. The highest BCUT2D eigenvalue weighted by Crippen LogP contribution is 2.40. The number of thiazole rings is 1. The van der Waals surface area contributed by atoms with Gasteiger partial charge in [-0.25, -0.2) is 4.98 Å². The summed E-state index contributed by atoms with van der Waals surface area (Å²) in [7, 11) is 0. The second-order valence-electron chi connectivity index (χ2n) is 22.6. The van der Waals surface area contributed by atoms with Gasteiger partial charge in [-0.1, -0.05) is 88.6 Å². The number of phenols is 1. The number of unbranched alkanes of at least 4 members (excludes halogenated alkanes) is 4. The van der Waals surface area contributed by atoms with Crippen LogP contribution in [0.4, 0.5) is 17.2 Å². The highest BCUT2D eigenvalue weighted by Gasteiger charge is 2.45. The summed E-state index contributed by atoms with van der Waals surface area (Å²) >= 11 is 1.58. The van der Waals surface area contributed by atoms with Gasteiger partial charge in [0.2, 0.25) is 23.6 Å². The van der Waals surface area contributed by atoms with Crippen LogP contribution in [0.1, 0.15) is 115 Å². The van der Waals surface area contributed by atoms with Crippen LogP contribution in [0, 0.1) is 18.3 Å². The van der Waals surface area contributed by atoms with Crippen molar-refractivity contribution in [3.05, 3.63) is 101 Å². The van der Waals surface area contributed by atoms with E-state index in [0.29, 0.717) is 47.9 Å². The van der Waals surface area contributed by atoms with Crippen LogP contribution >= 0.6 is 11.3 Å². The molecule has 0 spiro atoms. The number of carbonyl (C=O) groups is 4. The number of aliphatic hydroxyl groups is 1. The molecule has 9 rings (SSSR count). The van der Waals surface area contributed by atoms with Crippen molar-refractivity contribution in [3.63, 3.8) is 0 Å². The molecule has 4 fully saturated rings. The van der Waals surface area contributed by atoms with Crippen LogP contribution < -0.4 is 26.2 Å². The lowest BCUT2D eigenvalue weighted by Crippen LogP contribution is -2.57. The number of nitrogens with one attached hydrogen (secondary N) is 2. The zero-order valence-corrected chi connectivity index (χ0v) is 45.4. The molecule has 4 aliphatic heterocycles. The fraction of sp³-hybridized carbons (Fsp3) is 0.508. The number of para-hydroxylation sites is 1. The predicted octanol–water partition coefficient (Wildman–Crippen LogP) is 8.04. The Bertz CT molecular complexity index is 2810. The maximum Gasteiger partial charge on any atom is 0.246 e. The molecule has 6 heterocycles. The average Bonchev–Trinajstić information content (AvgIpc) is 4.11. The Labute approximate surface area is 451 Å². The largest absolute Gasteiger partial charge is 0.507 e. The number of anilines is 3. The molecule has 6 N–H and O–H groups in total. The molecule has 4 saturated heterocycles. The Kier molecular flexibility index (Phi) is 17.2. The number of likely N-dealkylation sites (tertiary alicyclic amines) is 2. The van der Waals surface area contributed by atoms with Crippen molar-refractivity contribution in [1.29, 1.82) is 0 Å². The molecule has 5 atom stereocenters. The number of nitrogens with two attached hydrogens (primary N) is 1. The normalized spacial score (nSPS) is 20.2. The second-order valence-corrected chi connectivity index (χ2v) is 23.5. The van der Waals surface area contributed by atoms with Gasteiger partial charge in [-0.15, -0.1) is 21.5 Å². The van der Waals surface area contributed by atoms with Gasteiger partial charge in [-0.2, -0.15) is 0 Å². The van der Waals surface area contributed by atoms with E-state index >= 15 is 0 Å². The fourth-order valence-corrected chi connectivity index (χ4v) is 12.6. The Morgan fingerprint density at radius 3 is 2.24 bits per heavy atom. The monoisotopic (exact) mass is 1050 g/mol. The molecule has 0 saturated carbocycles. The molecule has 76 heavy (non-hydrogen) atoms. The number of amides is 4. The first-order chi connectivity index (χ1) is 36.6. The summed E-state index contributed by atoms with van der Waals surface area (Å²) in [6.45, 7) is 11.2. The molecule has 2 bridgehead atoms. The molecule has 3 aromatic carbocycles. The van der Waals surface area contributed by atoms with E-state index in [4.69, 9.17) is 5.73 Å². The number of piperazine rings is 1. The summed E-state index contributed by atoms with van der Waals surface area (Å²) in [5.74, 6) is 0.392. The van der Waals surface area contributed by atoms with Gasteiger partial charge in [0.25, 0.3) is 0 Å². The lowest BCUT2D eigenvalue weighted by atomic mass is 9.85. The number of carbonyl (C=O) groups excluding carboxylic acids is 4. The van der Waals surface area contributed by atoms with Gasteiger partial charge in [-0.05, 0) is 110 Å². The van der Waals surface area contributed by atoms with Crippen molar-refractivity contribution in [1.82, 2.24) is 35.6 Å². The number of β-amino-alcohol motifs (C(OH)–C–C–N with tert-alkyl or cyclic N) is 1. The third-order valence-electron chi connectivity index (χ3n) is 16.0. The number of rotatable bonds is 19. The van der Waals surface area contributed by atoms with Crippen LogP contribution in [0.2, 0.25) is 0 Å². The molecule has 0 aliphatic carbocycles. The van der Waals surface area contributed by atoms with Gasteiger partial charge in [0.1, 0.15) is 17.8 Å². The van der Waals surface area contributed by atoms with Gasteiger partial charge in [0.15, 0.2) is 5.82 Å². The highest BCUT2D eigenvalue weighted by molar-refractivity contribution is 7.13. The molecule has 17 heteroatoms. The van der Waals surface area contributed by atoms with Gasteiger partial charge < -0.3 is 46.2 Å². The van der Waals surface area contributed by atoms with E-state index in [1.807, 2.05) is 80.6 Å². The second kappa shape index (κ2) is 24.2. The van der Waals surface area contributed by atoms with Crippen LogP contribution in [0.3, 0.4) is 0 Å². The molecule has 404 valence electrons. The lowest BCUT2D eigenvalue weighted by molar-refractivity contribution is -0.144. The summed E-state index contributed by atoms with van der Waals surface area (Å²) in [6.07, 6.45) is 9.45. The average molecular weight is 1050 g/mol. The Balaban J connectivity index is 0.661. The number of nitrogens with zero attached hydrogens (tertiary/aromatic N) is 7. The number of phenolic OH excluding ortho intramolecular Hbond substituents is 1. The fourth-order valence-electron chi connectivity index (χ4n) is 11.8. The zero-order chi connectivity index (χ0) is 53.5. The minimum Gasteiger partial charge on any atom is -0.507 e. The Morgan fingerprint density at radius 1 is 0.829 bits per heavy atom. The third kappa shape index (κ3) is 13.0. The molecule has 4 aliphatic rings. The van der Waals surface area contributed by atoms with E-state index in [0.717, 1.165) is 111 Å². The first-order valence-corrected chi connectivity index (χ1v) is 28.3. The lowest BCUT2D eigenvalue weighted by Gasteiger charge is -2.43. The third-order valence-corrected chi connectivity index (χ3v) is 17.0. The maximum absolute atomic E-state index is 14.1. The Hall–Kier alpha value is -6.59. The van der Waals surface area contributed by atoms with Crippen LogP contribution in [-0.4, -0.2) is 122 Å². The standard InChI is InChI=1S/C59H76N10O6S/c1-38-54(76-37-62-38)42-21-19-40(20-22-42)33-61-57(74)50-31-46(70)36-68(50)58(75)55(59(2,3)4)63-52(72)17-8-6-5-7-9-18-53(73)66-27-25-39(26-28-66)29-41-13-12-14-43(30-41)69-44-23-24-45(69)35-67(34-44)49-32-48(64-65-56(49)60)47-15-10-11-16-51(47)71/h10-16,19-22,30,32,37,39,44-46,50,55,70-71H,5-9,17-18,23-29,31,33-36H2,1-4H3,(H2,60,65)(H,61,74)(H,63,72)/t44?,45?,46-,50-,55?/m0/s1. The van der Waals surface area contributed by atoms with E-state index in [-0.39, 0.29) is 55.3 Å². The summed E-state index contributed by atoms with van der Waals surface area (Å²) in [5.41, 5.74) is 15.3. The molecule has 2 aromatic heterocycles. The quantitative estimate of drug-likeness (QED) is 0.0498. The van der Waals surface area contributed by atoms with Crippen molar-refractivity contribution >= 4 is 52.2 Å². The van der Waals surface area contributed by atoms with E-state index < -0.39 is 23.6 Å². The number of hydrogen-bond donors (Lipinski definition) is 5. The molecular formula is C59H76N10O6S. The van der Waals surface area contributed by atoms with Crippen LogP contribution in [0.5, 0.6) is 5.75 Å². The first-order valence-electron chi connectivity index (χ1n) is 27.5. The smallest absolute Gasteiger partial charge is 0.246 e. The van der Waals surface area contributed by atoms with Gasteiger partial charge in [-0.3, -0.25) is 19.2 Å². The molecule has 3 unspecified atom stereocenters. The minimum absolute atomic E-state index is 0.0242. The SMILES string of the molecule is Cc1ncsc1-c1ccc(CNC(=O)[C@@H]2C[C@H](O)CN2C(=O)C(NC(=O)CCCCCCCC(=O)N2CCC(Cc3cccc(N4C5CCC4CN(c4cc(-c6ccccc6O)nnc4N)C5)c3)CC2)C(C)(C)C)cc1. The first kappa shape index (κ1) is 54.2. The number of fused-ring (bicyclic) bond motifs is 2. The number of piperidine rings is 1. The van der Waals surface area contributed by atoms with E-state index in [9.17, 15) is 29.4 Å².